The fourth-order valence-corrected chi connectivity index (χ4v) is 2.47. The summed E-state index contributed by atoms with van der Waals surface area (Å²) in [6.45, 7) is 0.532. The molecule has 0 aromatic heterocycles. The Morgan fingerprint density at radius 2 is 2.05 bits per heavy atom. The van der Waals surface area contributed by atoms with Gasteiger partial charge >= 0.3 is 0 Å². The van der Waals surface area contributed by atoms with Crippen LogP contribution in [0, 0.1) is 0 Å². The number of halogens is 1. The normalized spacial score (nSPS) is 10.4. The van der Waals surface area contributed by atoms with Crippen molar-refractivity contribution in [3.05, 3.63) is 40.9 Å². The number of fused-ring (bicyclic) bond motifs is 1. The van der Waals surface area contributed by atoms with E-state index < -0.39 is 0 Å². The number of rotatable bonds is 5. The standard InChI is InChI=1S/C15H16BrNO2/c1-17-14(18)7-4-10-19-13-9-8-11-5-2-3-6-12(11)15(13)16/h2-3,5-6,8-9H,4,7,10H2,1H3,(H,17,18). The minimum atomic E-state index is 0.0428. The summed E-state index contributed by atoms with van der Waals surface area (Å²) in [5, 5.41) is 4.90. The maximum absolute atomic E-state index is 11.1. The Balaban J connectivity index is 2.01. The second-order valence-corrected chi connectivity index (χ2v) is 5.02. The fourth-order valence-electron chi connectivity index (χ4n) is 1.86. The Bertz CT molecular complexity index is 583. The zero-order valence-corrected chi connectivity index (χ0v) is 12.4. The van der Waals surface area contributed by atoms with Gasteiger partial charge in [0, 0.05) is 13.5 Å². The number of hydrogen-bond acceptors (Lipinski definition) is 2. The smallest absolute Gasteiger partial charge is 0.219 e. The molecule has 0 heterocycles. The number of benzene rings is 2. The molecule has 0 spiro atoms. The zero-order valence-electron chi connectivity index (χ0n) is 10.8. The Kier molecular flexibility index (Phi) is 4.80. The Morgan fingerprint density at radius 3 is 2.84 bits per heavy atom. The van der Waals surface area contributed by atoms with Crippen LogP contribution in [0.3, 0.4) is 0 Å². The molecule has 0 atom stereocenters. The van der Waals surface area contributed by atoms with Gasteiger partial charge in [0.2, 0.25) is 5.91 Å². The first kappa shape index (κ1) is 13.9. The van der Waals surface area contributed by atoms with Crippen LogP contribution in [0.5, 0.6) is 5.75 Å². The summed E-state index contributed by atoms with van der Waals surface area (Å²) in [7, 11) is 1.64. The number of ether oxygens (including phenoxy) is 1. The van der Waals surface area contributed by atoms with E-state index in [4.69, 9.17) is 4.74 Å². The summed E-state index contributed by atoms with van der Waals surface area (Å²) >= 11 is 3.57. The van der Waals surface area contributed by atoms with Gasteiger partial charge in [0.05, 0.1) is 11.1 Å². The van der Waals surface area contributed by atoms with Gasteiger partial charge in [-0.05, 0) is 39.2 Å². The van der Waals surface area contributed by atoms with Crippen LogP contribution in [0.25, 0.3) is 10.8 Å². The van der Waals surface area contributed by atoms with Crippen molar-refractivity contribution >= 4 is 32.6 Å². The van der Waals surface area contributed by atoms with Gasteiger partial charge in [0.15, 0.2) is 0 Å². The largest absolute Gasteiger partial charge is 0.492 e. The van der Waals surface area contributed by atoms with Gasteiger partial charge in [0.1, 0.15) is 5.75 Å². The summed E-state index contributed by atoms with van der Waals surface area (Å²) < 4.78 is 6.68. The Labute approximate surface area is 121 Å². The molecule has 0 unspecified atom stereocenters. The molecule has 4 heteroatoms. The number of amides is 1. The average Bonchev–Trinajstić information content (AvgIpc) is 2.45. The predicted octanol–water partition coefficient (Wildman–Crippen LogP) is 3.51. The molecule has 2 aromatic rings. The molecule has 0 aliphatic carbocycles. The van der Waals surface area contributed by atoms with Crippen molar-refractivity contribution in [3.63, 3.8) is 0 Å². The van der Waals surface area contributed by atoms with Crippen molar-refractivity contribution in [2.24, 2.45) is 0 Å². The molecule has 0 bridgehead atoms. The lowest BCUT2D eigenvalue weighted by molar-refractivity contribution is -0.120. The van der Waals surface area contributed by atoms with Crippen molar-refractivity contribution in [2.75, 3.05) is 13.7 Å². The van der Waals surface area contributed by atoms with E-state index in [1.807, 2.05) is 24.3 Å². The predicted molar refractivity (Wildman–Crippen MR) is 80.4 cm³/mol. The number of carbonyl (C=O) groups excluding carboxylic acids is 1. The molecule has 3 nitrogen and oxygen atoms in total. The van der Waals surface area contributed by atoms with Crippen LogP contribution >= 0.6 is 15.9 Å². The second kappa shape index (κ2) is 6.57. The summed E-state index contributed by atoms with van der Waals surface area (Å²) in [6, 6.07) is 12.1. The molecule has 0 saturated carbocycles. The summed E-state index contributed by atoms with van der Waals surface area (Å²) in [5.41, 5.74) is 0. The van der Waals surface area contributed by atoms with Crippen molar-refractivity contribution in [2.45, 2.75) is 12.8 Å². The van der Waals surface area contributed by atoms with Crippen LogP contribution in [0.4, 0.5) is 0 Å². The van der Waals surface area contributed by atoms with Crippen molar-refractivity contribution in [1.82, 2.24) is 5.32 Å². The van der Waals surface area contributed by atoms with E-state index in [9.17, 15) is 4.79 Å². The van der Waals surface area contributed by atoms with E-state index in [-0.39, 0.29) is 5.91 Å². The highest BCUT2D eigenvalue weighted by atomic mass is 79.9. The number of hydrogen-bond donors (Lipinski definition) is 1. The number of carbonyl (C=O) groups is 1. The Morgan fingerprint density at radius 1 is 1.26 bits per heavy atom. The molecule has 1 N–H and O–H groups in total. The van der Waals surface area contributed by atoms with Crippen molar-refractivity contribution < 1.29 is 9.53 Å². The third kappa shape index (κ3) is 3.47. The van der Waals surface area contributed by atoms with E-state index >= 15 is 0 Å². The first-order valence-electron chi connectivity index (χ1n) is 6.23. The van der Waals surface area contributed by atoms with Crippen molar-refractivity contribution in [3.8, 4) is 5.75 Å². The highest BCUT2D eigenvalue weighted by Crippen LogP contribution is 2.33. The van der Waals surface area contributed by atoms with Gasteiger partial charge in [0.25, 0.3) is 0 Å². The first-order valence-corrected chi connectivity index (χ1v) is 7.02. The van der Waals surface area contributed by atoms with Crippen LogP contribution in [-0.2, 0) is 4.79 Å². The molecule has 0 saturated heterocycles. The molecule has 0 radical (unpaired) electrons. The topological polar surface area (TPSA) is 38.3 Å². The Hall–Kier alpha value is -1.55. The lowest BCUT2D eigenvalue weighted by Gasteiger charge is -2.10. The third-order valence-electron chi connectivity index (χ3n) is 2.91. The molecule has 0 aliphatic rings. The number of nitrogens with one attached hydrogen (secondary N) is 1. The monoisotopic (exact) mass is 321 g/mol. The molecular formula is C15H16BrNO2. The van der Waals surface area contributed by atoms with E-state index in [0.29, 0.717) is 19.4 Å². The molecule has 0 fully saturated rings. The van der Waals surface area contributed by atoms with Crippen LogP contribution in [-0.4, -0.2) is 19.6 Å². The lowest BCUT2D eigenvalue weighted by Crippen LogP contribution is -2.18. The minimum Gasteiger partial charge on any atom is -0.492 e. The van der Waals surface area contributed by atoms with Gasteiger partial charge in [-0.3, -0.25) is 4.79 Å². The van der Waals surface area contributed by atoms with E-state index in [1.54, 1.807) is 7.05 Å². The molecule has 2 aromatic carbocycles. The average molecular weight is 322 g/mol. The second-order valence-electron chi connectivity index (χ2n) is 4.22. The lowest BCUT2D eigenvalue weighted by atomic mass is 10.1. The van der Waals surface area contributed by atoms with Crippen LogP contribution in [0.2, 0.25) is 0 Å². The molecule has 2 rings (SSSR count). The molecular weight excluding hydrogens is 306 g/mol. The van der Waals surface area contributed by atoms with E-state index in [1.165, 1.54) is 5.39 Å². The molecule has 100 valence electrons. The minimum absolute atomic E-state index is 0.0428. The summed E-state index contributed by atoms with van der Waals surface area (Å²) in [4.78, 5) is 11.1. The molecule has 1 amide bonds. The SMILES string of the molecule is CNC(=O)CCCOc1ccc2ccccc2c1Br. The van der Waals surface area contributed by atoms with Gasteiger partial charge in [-0.1, -0.05) is 30.3 Å². The quantitative estimate of drug-likeness (QED) is 0.856. The van der Waals surface area contributed by atoms with Crippen LogP contribution < -0.4 is 10.1 Å². The van der Waals surface area contributed by atoms with Crippen molar-refractivity contribution in [1.29, 1.82) is 0 Å². The van der Waals surface area contributed by atoms with Gasteiger partial charge in [-0.25, -0.2) is 0 Å². The van der Waals surface area contributed by atoms with Crippen LogP contribution in [0.1, 0.15) is 12.8 Å². The first-order chi connectivity index (χ1) is 9.22. The maximum Gasteiger partial charge on any atom is 0.219 e. The maximum atomic E-state index is 11.1. The molecule has 0 aliphatic heterocycles. The zero-order chi connectivity index (χ0) is 13.7. The van der Waals surface area contributed by atoms with E-state index in [2.05, 4.69) is 33.4 Å². The summed E-state index contributed by atoms with van der Waals surface area (Å²) in [5.74, 6) is 0.858. The van der Waals surface area contributed by atoms with Crippen LogP contribution in [0.15, 0.2) is 40.9 Å². The summed E-state index contributed by atoms with van der Waals surface area (Å²) in [6.07, 6.45) is 1.20. The third-order valence-corrected chi connectivity index (χ3v) is 3.73. The fraction of sp³-hybridized carbons (Fsp3) is 0.267. The highest BCUT2D eigenvalue weighted by Gasteiger charge is 2.06. The van der Waals surface area contributed by atoms with Gasteiger partial charge in [-0.2, -0.15) is 0 Å². The van der Waals surface area contributed by atoms with Gasteiger partial charge < -0.3 is 10.1 Å². The van der Waals surface area contributed by atoms with Gasteiger partial charge in [-0.15, -0.1) is 0 Å². The van der Waals surface area contributed by atoms with E-state index in [0.717, 1.165) is 15.6 Å². The molecule has 19 heavy (non-hydrogen) atoms. The highest BCUT2D eigenvalue weighted by molar-refractivity contribution is 9.10.